The summed E-state index contributed by atoms with van der Waals surface area (Å²) in [4.78, 5) is 30.4. The zero-order valence-corrected chi connectivity index (χ0v) is 17.9. The highest BCUT2D eigenvalue weighted by atomic mass is 35.5. The molecule has 0 aliphatic heterocycles. The summed E-state index contributed by atoms with van der Waals surface area (Å²) in [5.74, 6) is 1.51. The zero-order chi connectivity index (χ0) is 20.3. The van der Waals surface area contributed by atoms with Crippen LogP contribution in [0.4, 0.5) is 5.82 Å². The molecule has 3 heterocycles. The number of nitrogens with one attached hydrogen (secondary N) is 1. The van der Waals surface area contributed by atoms with Crippen molar-refractivity contribution in [3.05, 3.63) is 45.2 Å². The van der Waals surface area contributed by atoms with E-state index in [0.29, 0.717) is 29.9 Å². The number of anilines is 1. The Morgan fingerprint density at radius 2 is 2.04 bits per heavy atom. The summed E-state index contributed by atoms with van der Waals surface area (Å²) < 4.78 is 1.62. The van der Waals surface area contributed by atoms with Crippen LogP contribution < -0.4 is 10.9 Å². The standard InChI is InChI=1S/C19H23ClN6OS/c1-5-28-14-7-6-13(8-21-14)9-22-16-18(27)26(10-11(2)3)17-15(24-16)12(4)23-19(20)25-17/h6-8,11H,5,9-10H2,1-4H3,(H,22,24). The normalized spacial score (nSPS) is 11.4. The maximum Gasteiger partial charge on any atom is 0.294 e. The van der Waals surface area contributed by atoms with Crippen LogP contribution in [0.2, 0.25) is 5.28 Å². The average Bonchev–Trinajstić information content (AvgIpc) is 2.64. The molecule has 7 nitrogen and oxygen atoms in total. The maximum atomic E-state index is 13.0. The predicted octanol–water partition coefficient (Wildman–Crippen LogP) is 3.92. The Bertz CT molecular complexity index is 1040. The minimum atomic E-state index is -0.221. The number of halogens is 1. The zero-order valence-electron chi connectivity index (χ0n) is 16.4. The summed E-state index contributed by atoms with van der Waals surface area (Å²) in [6.07, 6.45) is 1.81. The molecule has 3 aromatic rings. The van der Waals surface area contributed by atoms with Crippen LogP contribution in [0.15, 0.2) is 28.2 Å². The number of hydrogen-bond donors (Lipinski definition) is 1. The molecule has 0 saturated carbocycles. The van der Waals surface area contributed by atoms with Crippen LogP contribution >= 0.6 is 23.4 Å². The van der Waals surface area contributed by atoms with Gasteiger partial charge in [-0.3, -0.25) is 9.36 Å². The second-order valence-electron chi connectivity index (χ2n) is 6.81. The molecule has 3 rings (SSSR count). The Morgan fingerprint density at radius 1 is 1.25 bits per heavy atom. The van der Waals surface area contributed by atoms with E-state index in [4.69, 9.17) is 11.6 Å². The fourth-order valence-electron chi connectivity index (χ4n) is 2.81. The molecular weight excluding hydrogens is 396 g/mol. The quantitative estimate of drug-likeness (QED) is 0.459. The van der Waals surface area contributed by atoms with Crippen molar-refractivity contribution in [3.63, 3.8) is 0 Å². The van der Waals surface area contributed by atoms with E-state index in [-0.39, 0.29) is 22.6 Å². The van der Waals surface area contributed by atoms with Gasteiger partial charge in [-0.25, -0.2) is 15.0 Å². The van der Waals surface area contributed by atoms with E-state index in [1.165, 1.54) is 0 Å². The van der Waals surface area contributed by atoms with Gasteiger partial charge in [0.15, 0.2) is 11.5 Å². The van der Waals surface area contributed by atoms with Gasteiger partial charge in [-0.1, -0.05) is 26.8 Å². The third kappa shape index (κ3) is 4.62. The number of rotatable bonds is 7. The van der Waals surface area contributed by atoms with Gasteiger partial charge >= 0.3 is 0 Å². The smallest absolute Gasteiger partial charge is 0.294 e. The lowest BCUT2D eigenvalue weighted by atomic mass is 10.2. The van der Waals surface area contributed by atoms with E-state index >= 15 is 0 Å². The predicted molar refractivity (Wildman–Crippen MR) is 114 cm³/mol. The van der Waals surface area contributed by atoms with Gasteiger partial charge in [-0.05, 0) is 41.8 Å². The van der Waals surface area contributed by atoms with E-state index in [9.17, 15) is 4.79 Å². The van der Waals surface area contributed by atoms with Crippen LogP contribution in [0.1, 0.15) is 32.0 Å². The summed E-state index contributed by atoms with van der Waals surface area (Å²) in [6, 6.07) is 3.98. The molecule has 0 aliphatic rings. The van der Waals surface area contributed by atoms with E-state index in [2.05, 4.69) is 32.2 Å². The lowest BCUT2D eigenvalue weighted by Gasteiger charge is -2.15. The molecule has 0 spiro atoms. The molecule has 0 aromatic carbocycles. The average molecular weight is 419 g/mol. The first-order chi connectivity index (χ1) is 13.4. The number of fused-ring (bicyclic) bond motifs is 1. The van der Waals surface area contributed by atoms with E-state index in [0.717, 1.165) is 16.3 Å². The summed E-state index contributed by atoms with van der Waals surface area (Å²) in [5, 5.41) is 4.25. The summed E-state index contributed by atoms with van der Waals surface area (Å²) in [7, 11) is 0. The van der Waals surface area contributed by atoms with Crippen molar-refractivity contribution in [2.45, 2.75) is 45.8 Å². The Morgan fingerprint density at radius 3 is 2.68 bits per heavy atom. The summed E-state index contributed by atoms with van der Waals surface area (Å²) in [5.41, 5.74) is 2.42. The van der Waals surface area contributed by atoms with Crippen LogP contribution in [0.3, 0.4) is 0 Å². The molecule has 0 aliphatic carbocycles. The van der Waals surface area contributed by atoms with E-state index < -0.39 is 0 Å². The summed E-state index contributed by atoms with van der Waals surface area (Å²) in [6.45, 7) is 8.96. The van der Waals surface area contributed by atoms with Gasteiger partial charge in [-0.2, -0.15) is 4.98 Å². The molecule has 9 heteroatoms. The van der Waals surface area contributed by atoms with Crippen molar-refractivity contribution in [3.8, 4) is 0 Å². The number of thioether (sulfide) groups is 1. The highest BCUT2D eigenvalue weighted by molar-refractivity contribution is 7.99. The molecule has 0 bridgehead atoms. The molecule has 148 valence electrons. The van der Waals surface area contributed by atoms with Gasteiger partial charge < -0.3 is 5.32 Å². The van der Waals surface area contributed by atoms with Gasteiger partial charge in [0.1, 0.15) is 5.52 Å². The molecular formula is C19H23ClN6OS. The third-order valence-electron chi connectivity index (χ3n) is 4.04. The van der Waals surface area contributed by atoms with E-state index in [1.54, 1.807) is 16.3 Å². The van der Waals surface area contributed by atoms with Gasteiger partial charge in [0.2, 0.25) is 5.28 Å². The van der Waals surface area contributed by atoms with Crippen LogP contribution in [0.5, 0.6) is 0 Å². The van der Waals surface area contributed by atoms with Crippen molar-refractivity contribution < 1.29 is 0 Å². The Hall–Kier alpha value is -2.19. The first-order valence-corrected chi connectivity index (χ1v) is 10.5. The van der Waals surface area contributed by atoms with Crippen molar-refractivity contribution in [1.29, 1.82) is 0 Å². The minimum Gasteiger partial charge on any atom is -0.361 e. The second-order valence-corrected chi connectivity index (χ2v) is 8.43. The van der Waals surface area contributed by atoms with Crippen molar-refractivity contribution in [2.75, 3.05) is 11.1 Å². The number of aryl methyl sites for hydroxylation is 1. The molecule has 0 amide bonds. The first-order valence-electron chi connectivity index (χ1n) is 9.15. The highest BCUT2D eigenvalue weighted by Crippen LogP contribution is 2.18. The van der Waals surface area contributed by atoms with Crippen LogP contribution in [0.25, 0.3) is 11.2 Å². The van der Waals surface area contributed by atoms with Crippen LogP contribution in [-0.2, 0) is 13.1 Å². The number of aromatic nitrogens is 5. The minimum absolute atomic E-state index is 0.112. The van der Waals surface area contributed by atoms with Gasteiger partial charge in [0.05, 0.1) is 10.7 Å². The highest BCUT2D eigenvalue weighted by Gasteiger charge is 2.16. The lowest BCUT2D eigenvalue weighted by molar-refractivity contribution is 0.520. The third-order valence-corrected chi connectivity index (χ3v) is 5.03. The number of pyridine rings is 1. The molecule has 0 radical (unpaired) electrons. The van der Waals surface area contributed by atoms with E-state index in [1.807, 2.05) is 39.1 Å². The molecule has 0 fully saturated rings. The Balaban J connectivity index is 1.96. The van der Waals surface area contributed by atoms with Crippen molar-refractivity contribution in [1.82, 2.24) is 24.5 Å². The number of hydrogen-bond acceptors (Lipinski definition) is 7. The monoisotopic (exact) mass is 418 g/mol. The van der Waals surface area contributed by atoms with Crippen molar-refractivity contribution >= 4 is 40.3 Å². The van der Waals surface area contributed by atoms with Gasteiger partial charge in [0, 0.05) is 19.3 Å². The molecule has 0 saturated heterocycles. The molecule has 28 heavy (non-hydrogen) atoms. The molecule has 0 unspecified atom stereocenters. The SMILES string of the molecule is CCSc1ccc(CNc2nc3c(C)nc(Cl)nc3n(CC(C)C)c2=O)cn1. The summed E-state index contributed by atoms with van der Waals surface area (Å²) >= 11 is 7.70. The first kappa shape index (κ1) is 20.5. The Kier molecular flexibility index (Phi) is 6.51. The largest absolute Gasteiger partial charge is 0.361 e. The van der Waals surface area contributed by atoms with Gasteiger partial charge in [0.25, 0.3) is 5.56 Å². The Labute approximate surface area is 173 Å². The van der Waals surface area contributed by atoms with Gasteiger partial charge in [-0.15, -0.1) is 11.8 Å². The lowest BCUT2D eigenvalue weighted by Crippen LogP contribution is -2.28. The topological polar surface area (TPSA) is 85.6 Å². The van der Waals surface area contributed by atoms with Crippen molar-refractivity contribution in [2.24, 2.45) is 5.92 Å². The number of nitrogens with zero attached hydrogens (tertiary/aromatic N) is 5. The fourth-order valence-corrected chi connectivity index (χ4v) is 3.60. The molecule has 0 atom stereocenters. The van der Waals surface area contributed by atoms with Crippen LogP contribution in [0, 0.1) is 12.8 Å². The fraction of sp³-hybridized carbons (Fsp3) is 0.421. The maximum absolute atomic E-state index is 13.0. The second kappa shape index (κ2) is 8.87. The molecule has 3 aromatic heterocycles. The van der Waals surface area contributed by atoms with Crippen LogP contribution in [-0.4, -0.2) is 30.3 Å². The molecule has 1 N–H and O–H groups in total.